The predicted molar refractivity (Wildman–Crippen MR) is 108 cm³/mol. The molecule has 2 N–H and O–H groups in total. The smallest absolute Gasteiger partial charge is 0.191 e. The number of benzene rings is 1. The van der Waals surface area contributed by atoms with Crippen LogP contribution in [-0.4, -0.2) is 44.8 Å². The van der Waals surface area contributed by atoms with Crippen molar-refractivity contribution in [2.75, 3.05) is 25.9 Å². The molecule has 6 nitrogen and oxygen atoms in total. The van der Waals surface area contributed by atoms with Gasteiger partial charge < -0.3 is 15.2 Å². The molecule has 1 aromatic heterocycles. The van der Waals surface area contributed by atoms with E-state index in [2.05, 4.69) is 20.2 Å². The minimum absolute atomic E-state index is 0. The molecule has 0 unspecified atom stereocenters. The number of guanidine groups is 1. The van der Waals surface area contributed by atoms with Crippen LogP contribution in [0, 0.1) is 0 Å². The van der Waals surface area contributed by atoms with Crippen LogP contribution in [0.2, 0.25) is 0 Å². The molecule has 0 aliphatic rings. The summed E-state index contributed by atoms with van der Waals surface area (Å²) in [7, 11) is -1.61. The maximum atomic E-state index is 12.2. The van der Waals surface area contributed by atoms with E-state index < -0.39 is 9.84 Å². The van der Waals surface area contributed by atoms with E-state index in [1.54, 1.807) is 37.4 Å². The van der Waals surface area contributed by atoms with Gasteiger partial charge in [-0.25, -0.2) is 8.42 Å². The van der Waals surface area contributed by atoms with E-state index in [9.17, 15) is 8.42 Å². The second-order valence-corrected chi connectivity index (χ2v) is 7.09. The third-order valence-electron chi connectivity index (χ3n) is 3.32. The number of aromatic nitrogens is 1. The standard InChI is InChI=1S/C16H22N4O2S.HI/c1-17-16(18-9-13-20-11-5-6-12-20)19-10-14-23(21,22)15-7-3-2-4-8-15;/h2-8,11-12H,9-10,13-14H2,1H3,(H2,17,18,19);1H. The quantitative estimate of drug-likeness (QED) is 0.374. The van der Waals surface area contributed by atoms with Gasteiger partial charge in [-0.1, -0.05) is 18.2 Å². The SMILES string of the molecule is CN=C(NCCn1cccc1)NCCS(=O)(=O)c1ccccc1.I. The first-order valence-electron chi connectivity index (χ1n) is 7.45. The summed E-state index contributed by atoms with van der Waals surface area (Å²) in [6.07, 6.45) is 3.98. The number of hydrogen-bond acceptors (Lipinski definition) is 3. The largest absolute Gasteiger partial charge is 0.355 e. The maximum Gasteiger partial charge on any atom is 0.191 e. The lowest BCUT2D eigenvalue weighted by Crippen LogP contribution is -2.40. The summed E-state index contributed by atoms with van der Waals surface area (Å²) in [4.78, 5) is 4.43. The van der Waals surface area contributed by atoms with Gasteiger partial charge in [0, 0.05) is 39.1 Å². The molecular weight excluding hydrogens is 439 g/mol. The molecular formula is C16H23IN4O2S. The highest BCUT2D eigenvalue weighted by Crippen LogP contribution is 2.09. The highest BCUT2D eigenvalue weighted by Gasteiger charge is 2.13. The molecule has 0 saturated heterocycles. The summed E-state index contributed by atoms with van der Waals surface area (Å²) >= 11 is 0. The average Bonchev–Trinajstić information content (AvgIpc) is 3.07. The molecule has 24 heavy (non-hydrogen) atoms. The number of hydrogen-bond donors (Lipinski definition) is 2. The topological polar surface area (TPSA) is 75.5 Å². The Morgan fingerprint density at radius 2 is 1.67 bits per heavy atom. The van der Waals surface area contributed by atoms with Crippen LogP contribution in [0.1, 0.15) is 0 Å². The summed E-state index contributed by atoms with van der Waals surface area (Å²) in [5.74, 6) is 0.621. The maximum absolute atomic E-state index is 12.2. The summed E-state index contributed by atoms with van der Waals surface area (Å²) in [6, 6.07) is 12.4. The molecule has 0 atom stereocenters. The molecule has 0 saturated carbocycles. The monoisotopic (exact) mass is 462 g/mol. The zero-order valence-electron chi connectivity index (χ0n) is 13.6. The molecule has 0 fully saturated rings. The minimum Gasteiger partial charge on any atom is -0.355 e. The van der Waals surface area contributed by atoms with E-state index in [-0.39, 0.29) is 29.7 Å². The Hall–Kier alpha value is -1.55. The van der Waals surface area contributed by atoms with Crippen molar-refractivity contribution in [1.29, 1.82) is 0 Å². The Kier molecular flexibility index (Phi) is 8.83. The number of nitrogens with one attached hydrogen (secondary N) is 2. The summed E-state index contributed by atoms with van der Waals surface area (Å²) < 4.78 is 26.4. The van der Waals surface area contributed by atoms with Crippen LogP contribution in [0.5, 0.6) is 0 Å². The average molecular weight is 462 g/mol. The summed E-state index contributed by atoms with van der Waals surface area (Å²) in [6.45, 7) is 1.83. The Balaban J connectivity index is 0.00000288. The molecule has 1 aromatic carbocycles. The Morgan fingerprint density at radius 1 is 1.04 bits per heavy atom. The third-order valence-corrected chi connectivity index (χ3v) is 5.05. The van der Waals surface area contributed by atoms with Crippen LogP contribution >= 0.6 is 24.0 Å². The molecule has 2 aromatic rings. The van der Waals surface area contributed by atoms with E-state index in [4.69, 9.17) is 0 Å². The van der Waals surface area contributed by atoms with Crippen LogP contribution in [0.4, 0.5) is 0 Å². The lowest BCUT2D eigenvalue weighted by Gasteiger charge is -2.12. The van der Waals surface area contributed by atoms with Crippen LogP contribution in [-0.2, 0) is 16.4 Å². The van der Waals surface area contributed by atoms with Crippen molar-refractivity contribution in [2.24, 2.45) is 4.99 Å². The van der Waals surface area contributed by atoms with Gasteiger partial charge in [0.2, 0.25) is 0 Å². The van der Waals surface area contributed by atoms with E-state index in [0.717, 1.165) is 6.54 Å². The summed E-state index contributed by atoms with van der Waals surface area (Å²) in [5, 5.41) is 6.18. The molecule has 0 radical (unpaired) electrons. The fraction of sp³-hybridized carbons (Fsp3) is 0.312. The lowest BCUT2D eigenvalue weighted by atomic mass is 10.4. The molecule has 8 heteroatoms. The van der Waals surface area contributed by atoms with Gasteiger partial charge in [0.15, 0.2) is 15.8 Å². The second kappa shape index (κ2) is 10.3. The number of halogens is 1. The number of aliphatic imine (C=N–C) groups is 1. The van der Waals surface area contributed by atoms with E-state index in [0.29, 0.717) is 23.9 Å². The molecule has 1 heterocycles. The van der Waals surface area contributed by atoms with E-state index in [1.165, 1.54) is 0 Å². The molecule has 132 valence electrons. The van der Waals surface area contributed by atoms with Crippen molar-refractivity contribution in [2.45, 2.75) is 11.4 Å². The van der Waals surface area contributed by atoms with Crippen molar-refractivity contribution < 1.29 is 8.42 Å². The first kappa shape index (κ1) is 20.5. The fourth-order valence-corrected chi connectivity index (χ4v) is 3.27. The van der Waals surface area contributed by atoms with Crippen LogP contribution < -0.4 is 10.6 Å². The number of sulfone groups is 1. The molecule has 0 spiro atoms. The van der Waals surface area contributed by atoms with Gasteiger partial charge in [-0.3, -0.25) is 4.99 Å². The minimum atomic E-state index is -3.27. The van der Waals surface area contributed by atoms with Crippen molar-refractivity contribution in [1.82, 2.24) is 15.2 Å². The normalized spacial score (nSPS) is 11.6. The van der Waals surface area contributed by atoms with E-state index >= 15 is 0 Å². The van der Waals surface area contributed by atoms with Crippen LogP contribution in [0.3, 0.4) is 0 Å². The van der Waals surface area contributed by atoms with Gasteiger partial charge in [0.05, 0.1) is 10.6 Å². The first-order valence-corrected chi connectivity index (χ1v) is 9.10. The fourth-order valence-electron chi connectivity index (χ4n) is 2.09. The third kappa shape index (κ3) is 6.52. The Morgan fingerprint density at radius 3 is 2.29 bits per heavy atom. The Bertz CT molecular complexity index is 716. The van der Waals surface area contributed by atoms with Crippen LogP contribution in [0.25, 0.3) is 0 Å². The number of rotatable bonds is 7. The van der Waals surface area contributed by atoms with E-state index in [1.807, 2.05) is 24.5 Å². The van der Waals surface area contributed by atoms with Crippen molar-refractivity contribution in [3.63, 3.8) is 0 Å². The van der Waals surface area contributed by atoms with Gasteiger partial charge in [-0.15, -0.1) is 24.0 Å². The van der Waals surface area contributed by atoms with Gasteiger partial charge >= 0.3 is 0 Å². The number of nitrogens with zero attached hydrogens (tertiary/aromatic N) is 2. The lowest BCUT2D eigenvalue weighted by molar-refractivity contribution is 0.594. The van der Waals surface area contributed by atoms with Crippen LogP contribution in [0.15, 0.2) is 64.7 Å². The zero-order valence-corrected chi connectivity index (χ0v) is 16.7. The van der Waals surface area contributed by atoms with Crippen molar-refractivity contribution in [3.05, 3.63) is 54.9 Å². The summed E-state index contributed by atoms with van der Waals surface area (Å²) in [5.41, 5.74) is 0. The molecule has 0 aliphatic heterocycles. The predicted octanol–water partition coefficient (Wildman–Crippen LogP) is 1.74. The first-order chi connectivity index (χ1) is 11.1. The molecule has 0 bridgehead atoms. The molecule has 2 rings (SSSR count). The van der Waals surface area contributed by atoms with Crippen molar-refractivity contribution >= 4 is 39.8 Å². The zero-order chi connectivity index (χ0) is 16.5. The van der Waals surface area contributed by atoms with Gasteiger partial charge in [-0.2, -0.15) is 0 Å². The van der Waals surface area contributed by atoms with Gasteiger partial charge in [-0.05, 0) is 24.3 Å². The Labute approximate surface area is 160 Å². The highest BCUT2D eigenvalue weighted by molar-refractivity contribution is 14.0. The van der Waals surface area contributed by atoms with Gasteiger partial charge in [0.25, 0.3) is 0 Å². The second-order valence-electron chi connectivity index (χ2n) is 4.98. The van der Waals surface area contributed by atoms with Gasteiger partial charge in [0.1, 0.15) is 0 Å². The van der Waals surface area contributed by atoms with Crippen molar-refractivity contribution in [3.8, 4) is 0 Å². The molecule has 0 amide bonds. The highest BCUT2D eigenvalue weighted by atomic mass is 127. The molecule has 0 aliphatic carbocycles.